The third-order valence-corrected chi connectivity index (χ3v) is 4.71. The lowest BCUT2D eigenvalue weighted by atomic mass is 9.73. The largest absolute Gasteiger partial charge is 0.373 e. The monoisotopic (exact) mass is 294 g/mol. The molecule has 1 saturated carbocycles. The van der Waals surface area contributed by atoms with Crippen molar-refractivity contribution in [2.24, 2.45) is 11.8 Å². The number of ether oxygens (including phenoxy) is 1. The van der Waals surface area contributed by atoms with Gasteiger partial charge in [-0.05, 0) is 51.5 Å². The average molecular weight is 294 g/mol. The fraction of sp³-hybridized carbons (Fsp3) is 0.647. The molecular formula is C17H27FN2O. The number of aryl methyl sites for hydroxylation is 1. The molecule has 1 aliphatic carbocycles. The quantitative estimate of drug-likeness (QED) is 0.644. The molecule has 1 unspecified atom stereocenters. The van der Waals surface area contributed by atoms with E-state index in [0.29, 0.717) is 18.1 Å². The van der Waals surface area contributed by atoms with E-state index in [2.05, 4.69) is 12.3 Å². The first kappa shape index (κ1) is 16.4. The Labute approximate surface area is 127 Å². The highest BCUT2D eigenvalue weighted by atomic mass is 19.1. The van der Waals surface area contributed by atoms with E-state index in [1.165, 1.54) is 6.07 Å². The molecule has 4 heteroatoms. The zero-order chi connectivity index (χ0) is 15.5. The number of hydrazine groups is 1. The molecule has 1 aromatic carbocycles. The normalized spacial score (nSPS) is 27.6. The molecule has 118 valence electrons. The number of nitrogens with one attached hydrogen (secondary N) is 1. The predicted molar refractivity (Wildman–Crippen MR) is 83.2 cm³/mol. The molecule has 1 atom stereocenters. The van der Waals surface area contributed by atoms with E-state index in [0.717, 1.165) is 31.2 Å². The maximum atomic E-state index is 14.3. The Kier molecular flexibility index (Phi) is 5.36. The summed E-state index contributed by atoms with van der Waals surface area (Å²) in [5.41, 5.74) is 4.06. The van der Waals surface area contributed by atoms with Gasteiger partial charge >= 0.3 is 0 Å². The topological polar surface area (TPSA) is 47.3 Å². The van der Waals surface area contributed by atoms with Crippen molar-refractivity contribution in [3.63, 3.8) is 0 Å². The highest BCUT2D eigenvalue weighted by molar-refractivity contribution is 5.29. The second-order valence-corrected chi connectivity index (χ2v) is 6.30. The van der Waals surface area contributed by atoms with E-state index in [-0.39, 0.29) is 11.9 Å². The van der Waals surface area contributed by atoms with Gasteiger partial charge in [0.2, 0.25) is 0 Å². The lowest BCUT2D eigenvalue weighted by molar-refractivity contribution is -0.0983. The molecule has 0 radical (unpaired) electrons. The SMILES string of the molecule is CCOC1(C(NN)c2cc(C)ccc2F)CCC(C)CC1. The molecule has 0 bridgehead atoms. The third-order valence-electron chi connectivity index (χ3n) is 4.71. The Morgan fingerprint density at radius 3 is 2.67 bits per heavy atom. The van der Waals surface area contributed by atoms with Gasteiger partial charge < -0.3 is 4.74 Å². The molecule has 0 aromatic heterocycles. The summed E-state index contributed by atoms with van der Waals surface area (Å²) in [7, 11) is 0. The van der Waals surface area contributed by atoms with Gasteiger partial charge in [0, 0.05) is 12.2 Å². The van der Waals surface area contributed by atoms with Crippen LogP contribution in [0.4, 0.5) is 4.39 Å². The van der Waals surface area contributed by atoms with Crippen LogP contribution >= 0.6 is 0 Å². The van der Waals surface area contributed by atoms with Crippen molar-refractivity contribution in [2.45, 2.75) is 58.1 Å². The van der Waals surface area contributed by atoms with Crippen LogP contribution in [-0.2, 0) is 4.74 Å². The summed E-state index contributed by atoms with van der Waals surface area (Å²) in [5, 5.41) is 0. The van der Waals surface area contributed by atoms with Crippen molar-refractivity contribution in [1.82, 2.24) is 5.43 Å². The van der Waals surface area contributed by atoms with Crippen LogP contribution in [-0.4, -0.2) is 12.2 Å². The summed E-state index contributed by atoms with van der Waals surface area (Å²) in [6, 6.07) is 4.85. The first-order chi connectivity index (χ1) is 10.0. The summed E-state index contributed by atoms with van der Waals surface area (Å²) < 4.78 is 20.4. The molecule has 0 aliphatic heterocycles. The smallest absolute Gasteiger partial charge is 0.128 e. The number of nitrogens with two attached hydrogens (primary N) is 1. The Hall–Kier alpha value is -0.970. The maximum Gasteiger partial charge on any atom is 0.128 e. The van der Waals surface area contributed by atoms with Gasteiger partial charge in [0.1, 0.15) is 5.82 Å². The van der Waals surface area contributed by atoms with E-state index in [1.807, 2.05) is 19.9 Å². The van der Waals surface area contributed by atoms with Crippen molar-refractivity contribution in [1.29, 1.82) is 0 Å². The molecule has 0 spiro atoms. The second kappa shape index (κ2) is 6.86. The predicted octanol–water partition coefficient (Wildman–Crippen LogP) is 3.62. The van der Waals surface area contributed by atoms with Gasteiger partial charge in [-0.3, -0.25) is 5.84 Å². The molecule has 0 heterocycles. The van der Waals surface area contributed by atoms with Gasteiger partial charge in [-0.15, -0.1) is 0 Å². The highest BCUT2D eigenvalue weighted by Gasteiger charge is 2.43. The Morgan fingerprint density at radius 1 is 1.43 bits per heavy atom. The molecule has 0 saturated heterocycles. The van der Waals surface area contributed by atoms with Gasteiger partial charge in [0.05, 0.1) is 11.6 Å². The molecule has 2 rings (SSSR count). The fourth-order valence-electron chi connectivity index (χ4n) is 3.46. The van der Waals surface area contributed by atoms with Gasteiger partial charge in [-0.25, -0.2) is 9.82 Å². The van der Waals surface area contributed by atoms with Gasteiger partial charge in [0.25, 0.3) is 0 Å². The number of hydrogen-bond donors (Lipinski definition) is 2. The second-order valence-electron chi connectivity index (χ2n) is 6.30. The minimum Gasteiger partial charge on any atom is -0.373 e. The van der Waals surface area contributed by atoms with Crippen LogP contribution in [0.1, 0.15) is 56.7 Å². The van der Waals surface area contributed by atoms with Gasteiger partial charge in [-0.2, -0.15) is 0 Å². The van der Waals surface area contributed by atoms with Crippen LogP contribution in [0.15, 0.2) is 18.2 Å². The minimum atomic E-state index is -0.412. The number of halogens is 1. The third kappa shape index (κ3) is 3.44. The molecule has 1 aromatic rings. The Morgan fingerprint density at radius 2 is 2.10 bits per heavy atom. The summed E-state index contributed by atoms with van der Waals surface area (Å²) >= 11 is 0. The van der Waals surface area contributed by atoms with Crippen LogP contribution in [0, 0.1) is 18.7 Å². The van der Waals surface area contributed by atoms with Crippen molar-refractivity contribution in [3.8, 4) is 0 Å². The molecule has 0 amide bonds. The van der Waals surface area contributed by atoms with Crippen molar-refractivity contribution in [2.75, 3.05) is 6.61 Å². The highest BCUT2D eigenvalue weighted by Crippen LogP contribution is 2.43. The average Bonchev–Trinajstić information content (AvgIpc) is 2.47. The number of rotatable bonds is 5. The molecule has 3 N–H and O–H groups in total. The van der Waals surface area contributed by atoms with E-state index in [9.17, 15) is 4.39 Å². The van der Waals surface area contributed by atoms with Crippen LogP contribution in [0.2, 0.25) is 0 Å². The van der Waals surface area contributed by atoms with Crippen LogP contribution in [0.5, 0.6) is 0 Å². The first-order valence-corrected chi connectivity index (χ1v) is 7.88. The lowest BCUT2D eigenvalue weighted by Gasteiger charge is -2.44. The van der Waals surface area contributed by atoms with E-state index >= 15 is 0 Å². The molecule has 21 heavy (non-hydrogen) atoms. The summed E-state index contributed by atoms with van der Waals surface area (Å²) in [6.07, 6.45) is 3.99. The summed E-state index contributed by atoms with van der Waals surface area (Å²) in [6.45, 7) is 6.82. The van der Waals surface area contributed by atoms with E-state index in [1.54, 1.807) is 6.07 Å². The van der Waals surface area contributed by atoms with Crippen molar-refractivity contribution < 1.29 is 9.13 Å². The van der Waals surface area contributed by atoms with Crippen LogP contribution in [0.3, 0.4) is 0 Å². The zero-order valence-corrected chi connectivity index (χ0v) is 13.3. The zero-order valence-electron chi connectivity index (χ0n) is 13.3. The standard InChI is InChI=1S/C17H27FN2O/c1-4-21-17(9-7-12(2)8-10-17)16(20-19)14-11-13(3)5-6-15(14)18/h5-6,11-12,16,20H,4,7-10,19H2,1-3H3. The molecule has 1 fully saturated rings. The van der Waals surface area contributed by atoms with Crippen molar-refractivity contribution in [3.05, 3.63) is 35.1 Å². The van der Waals surface area contributed by atoms with Crippen LogP contribution in [0.25, 0.3) is 0 Å². The lowest BCUT2D eigenvalue weighted by Crippen LogP contribution is -2.50. The van der Waals surface area contributed by atoms with E-state index in [4.69, 9.17) is 10.6 Å². The van der Waals surface area contributed by atoms with Gasteiger partial charge in [0.15, 0.2) is 0 Å². The molecule has 1 aliphatic rings. The molecular weight excluding hydrogens is 267 g/mol. The summed E-state index contributed by atoms with van der Waals surface area (Å²) in [5.74, 6) is 6.28. The van der Waals surface area contributed by atoms with E-state index < -0.39 is 5.60 Å². The minimum absolute atomic E-state index is 0.221. The first-order valence-electron chi connectivity index (χ1n) is 7.88. The maximum absolute atomic E-state index is 14.3. The van der Waals surface area contributed by atoms with Crippen molar-refractivity contribution >= 4 is 0 Å². The Bertz CT molecular complexity index is 470. The Balaban J connectivity index is 2.38. The summed E-state index contributed by atoms with van der Waals surface area (Å²) in [4.78, 5) is 0. The van der Waals surface area contributed by atoms with Gasteiger partial charge in [-0.1, -0.05) is 24.6 Å². The number of hydrogen-bond acceptors (Lipinski definition) is 3. The molecule has 3 nitrogen and oxygen atoms in total. The number of benzene rings is 1. The fourth-order valence-corrected chi connectivity index (χ4v) is 3.46. The van der Waals surface area contributed by atoms with Crippen LogP contribution < -0.4 is 11.3 Å².